The fourth-order valence-corrected chi connectivity index (χ4v) is 3.69. The predicted octanol–water partition coefficient (Wildman–Crippen LogP) is 1.10. The number of nitrogens with two attached hydrogens (primary N) is 1. The van der Waals surface area contributed by atoms with Gasteiger partial charge < -0.3 is 5.73 Å². The Hall–Kier alpha value is -0.140. The lowest BCUT2D eigenvalue weighted by molar-refractivity contribution is 0.564. The van der Waals surface area contributed by atoms with E-state index >= 15 is 0 Å². The van der Waals surface area contributed by atoms with E-state index in [0.717, 1.165) is 5.56 Å². The molecule has 0 unspecified atom stereocenters. The normalized spacial score (nSPS) is 13.3. The summed E-state index contributed by atoms with van der Waals surface area (Å²) in [7, 11) is -3.37. The number of hydrogen-bond acceptors (Lipinski definition) is 4. The fourth-order valence-electron chi connectivity index (χ4n) is 1.00. The Balaban J connectivity index is 0.00000196. The quantitative estimate of drug-likeness (QED) is 0.861. The third-order valence-corrected chi connectivity index (χ3v) is 5.05. The smallest absolute Gasteiger partial charge is 0.250 e. The van der Waals surface area contributed by atoms with Crippen LogP contribution in [0.3, 0.4) is 0 Å². The largest absolute Gasteiger partial charge is 0.329 e. The molecule has 0 aliphatic heterocycles. The van der Waals surface area contributed by atoms with Crippen LogP contribution in [-0.4, -0.2) is 21.0 Å². The van der Waals surface area contributed by atoms with Gasteiger partial charge in [0.25, 0.3) is 10.0 Å². The molecule has 0 spiro atoms. The van der Waals surface area contributed by atoms with Crippen molar-refractivity contribution in [1.29, 1.82) is 0 Å². The molecule has 0 saturated carbocycles. The Morgan fingerprint density at radius 2 is 2.20 bits per heavy atom. The maximum absolute atomic E-state index is 11.7. The second-order valence-electron chi connectivity index (χ2n) is 3.15. The van der Waals surface area contributed by atoms with Gasteiger partial charge >= 0.3 is 0 Å². The second-order valence-corrected chi connectivity index (χ2v) is 5.97. The van der Waals surface area contributed by atoms with E-state index in [9.17, 15) is 8.42 Å². The summed E-state index contributed by atoms with van der Waals surface area (Å²) in [6.45, 7) is 3.81. The number of sulfonamides is 1. The van der Waals surface area contributed by atoms with Crippen LogP contribution in [0.2, 0.25) is 0 Å². The molecular weight excluding hydrogens is 256 g/mol. The first-order chi connectivity index (χ1) is 6.47. The van der Waals surface area contributed by atoms with Crippen molar-refractivity contribution >= 4 is 33.8 Å². The number of nitrogens with one attached hydrogen (secondary N) is 1. The van der Waals surface area contributed by atoms with E-state index in [1.165, 1.54) is 11.3 Å². The minimum absolute atomic E-state index is 0. The third-order valence-electron chi connectivity index (χ3n) is 1.77. The monoisotopic (exact) mass is 270 g/mol. The summed E-state index contributed by atoms with van der Waals surface area (Å²) >= 11 is 1.22. The standard InChI is InChI=1S/C8H14N2O2S2.ClH/c1-6-3-4-13-8(6)14(11,12)10-7(2)5-9;/h3-4,7,10H,5,9H2,1-2H3;1H/t7-;/m0./s1. The minimum Gasteiger partial charge on any atom is -0.329 e. The van der Waals surface area contributed by atoms with Gasteiger partial charge in [0.05, 0.1) is 0 Å². The highest BCUT2D eigenvalue weighted by atomic mass is 35.5. The fraction of sp³-hybridized carbons (Fsp3) is 0.500. The number of rotatable bonds is 4. The molecule has 1 heterocycles. The van der Waals surface area contributed by atoms with Gasteiger partial charge in [0.1, 0.15) is 4.21 Å². The van der Waals surface area contributed by atoms with E-state index in [4.69, 9.17) is 5.73 Å². The first kappa shape index (κ1) is 14.9. The van der Waals surface area contributed by atoms with Crippen molar-refractivity contribution in [2.45, 2.75) is 24.1 Å². The van der Waals surface area contributed by atoms with E-state index in [2.05, 4.69) is 4.72 Å². The Morgan fingerprint density at radius 1 is 1.60 bits per heavy atom. The molecule has 0 saturated heterocycles. The zero-order valence-corrected chi connectivity index (χ0v) is 11.0. The van der Waals surface area contributed by atoms with Crippen molar-refractivity contribution < 1.29 is 8.42 Å². The van der Waals surface area contributed by atoms with Crippen molar-refractivity contribution in [2.75, 3.05) is 6.54 Å². The highest BCUT2D eigenvalue weighted by Gasteiger charge is 2.19. The van der Waals surface area contributed by atoms with Gasteiger partial charge in [-0.3, -0.25) is 0 Å². The summed E-state index contributed by atoms with van der Waals surface area (Å²) in [6, 6.07) is 1.55. The van der Waals surface area contributed by atoms with Crippen LogP contribution in [0.5, 0.6) is 0 Å². The number of thiophene rings is 1. The van der Waals surface area contributed by atoms with Crippen molar-refractivity contribution in [3.8, 4) is 0 Å². The van der Waals surface area contributed by atoms with Gasteiger partial charge in [-0.15, -0.1) is 23.7 Å². The van der Waals surface area contributed by atoms with Crippen LogP contribution in [0.4, 0.5) is 0 Å². The minimum atomic E-state index is -3.37. The Labute approximate surface area is 100 Å². The molecule has 0 amide bonds. The zero-order chi connectivity index (χ0) is 10.8. The maximum atomic E-state index is 11.7. The van der Waals surface area contributed by atoms with Crippen molar-refractivity contribution in [3.05, 3.63) is 17.0 Å². The second kappa shape index (κ2) is 5.81. The average Bonchev–Trinajstić information content (AvgIpc) is 2.51. The molecule has 0 aliphatic carbocycles. The summed E-state index contributed by atoms with van der Waals surface area (Å²) in [4.78, 5) is 0. The molecule has 0 radical (unpaired) electrons. The highest BCUT2D eigenvalue weighted by molar-refractivity contribution is 7.91. The third kappa shape index (κ3) is 3.73. The number of hydrogen-bond donors (Lipinski definition) is 2. The average molecular weight is 271 g/mol. The SMILES string of the molecule is Cc1ccsc1S(=O)(=O)N[C@@H](C)CN.Cl. The predicted molar refractivity (Wildman–Crippen MR) is 65.1 cm³/mol. The van der Waals surface area contributed by atoms with Gasteiger partial charge in [-0.05, 0) is 30.9 Å². The van der Waals surface area contributed by atoms with Crippen LogP contribution in [0.1, 0.15) is 12.5 Å². The van der Waals surface area contributed by atoms with Gasteiger partial charge in [0.2, 0.25) is 0 Å². The van der Waals surface area contributed by atoms with Crippen LogP contribution in [0.25, 0.3) is 0 Å². The topological polar surface area (TPSA) is 72.2 Å². The molecule has 15 heavy (non-hydrogen) atoms. The van der Waals surface area contributed by atoms with Gasteiger partial charge in [-0.25, -0.2) is 13.1 Å². The van der Waals surface area contributed by atoms with Crippen LogP contribution < -0.4 is 10.5 Å². The first-order valence-electron chi connectivity index (χ1n) is 4.24. The van der Waals surface area contributed by atoms with Crippen LogP contribution >= 0.6 is 23.7 Å². The number of halogens is 1. The molecule has 7 heteroatoms. The van der Waals surface area contributed by atoms with Gasteiger partial charge in [0, 0.05) is 12.6 Å². The molecule has 1 rings (SSSR count). The summed E-state index contributed by atoms with van der Waals surface area (Å²) in [5.74, 6) is 0. The van der Waals surface area contributed by atoms with E-state index in [-0.39, 0.29) is 18.4 Å². The summed E-state index contributed by atoms with van der Waals surface area (Å²) in [5, 5.41) is 1.76. The number of aryl methyl sites for hydroxylation is 1. The van der Waals surface area contributed by atoms with E-state index in [1.54, 1.807) is 25.3 Å². The van der Waals surface area contributed by atoms with Gasteiger partial charge in [-0.1, -0.05) is 0 Å². The summed E-state index contributed by atoms with van der Waals surface area (Å²) < 4.78 is 26.3. The van der Waals surface area contributed by atoms with E-state index in [1.807, 2.05) is 0 Å². The lowest BCUT2D eigenvalue weighted by Gasteiger charge is -2.10. The molecule has 3 N–H and O–H groups in total. The van der Waals surface area contributed by atoms with Crippen molar-refractivity contribution in [1.82, 2.24) is 4.72 Å². The molecule has 4 nitrogen and oxygen atoms in total. The van der Waals surface area contributed by atoms with Crippen LogP contribution in [0, 0.1) is 6.92 Å². The lowest BCUT2D eigenvalue weighted by Crippen LogP contribution is -2.37. The molecule has 0 fully saturated rings. The molecule has 1 aromatic heterocycles. The Kier molecular flexibility index (Phi) is 5.76. The maximum Gasteiger partial charge on any atom is 0.250 e. The molecule has 0 bridgehead atoms. The van der Waals surface area contributed by atoms with Gasteiger partial charge in [0.15, 0.2) is 0 Å². The lowest BCUT2D eigenvalue weighted by atomic mass is 10.4. The molecule has 1 aromatic rings. The summed E-state index contributed by atoms with van der Waals surface area (Å²) in [6.07, 6.45) is 0. The van der Waals surface area contributed by atoms with Crippen LogP contribution in [-0.2, 0) is 10.0 Å². The Bertz CT molecular complexity index is 403. The molecular formula is C8H15ClN2O2S2. The van der Waals surface area contributed by atoms with Crippen molar-refractivity contribution in [2.24, 2.45) is 5.73 Å². The molecule has 0 aromatic carbocycles. The molecule has 1 atom stereocenters. The first-order valence-corrected chi connectivity index (χ1v) is 6.60. The molecule has 0 aliphatic rings. The van der Waals surface area contributed by atoms with Gasteiger partial charge in [-0.2, -0.15) is 0 Å². The van der Waals surface area contributed by atoms with Crippen molar-refractivity contribution in [3.63, 3.8) is 0 Å². The Morgan fingerprint density at radius 3 is 2.60 bits per heavy atom. The highest BCUT2D eigenvalue weighted by Crippen LogP contribution is 2.21. The van der Waals surface area contributed by atoms with Crippen LogP contribution in [0.15, 0.2) is 15.7 Å². The van der Waals surface area contributed by atoms with E-state index < -0.39 is 10.0 Å². The van der Waals surface area contributed by atoms with E-state index in [0.29, 0.717) is 10.8 Å². The molecule has 88 valence electrons. The zero-order valence-electron chi connectivity index (χ0n) is 8.56. The summed E-state index contributed by atoms with van der Waals surface area (Å²) in [5.41, 5.74) is 6.12.